The first-order valence-corrected chi connectivity index (χ1v) is 8.24. The van der Waals surface area contributed by atoms with E-state index in [0.29, 0.717) is 18.9 Å². The van der Waals surface area contributed by atoms with Crippen LogP contribution in [0.4, 0.5) is 16.4 Å². The Balaban J connectivity index is 1.36. The molecule has 0 radical (unpaired) electrons. The number of hydrogen-bond donors (Lipinski definition) is 2. The third-order valence-electron chi connectivity index (χ3n) is 4.21. The van der Waals surface area contributed by atoms with Crippen molar-refractivity contribution in [2.24, 2.45) is 0 Å². The van der Waals surface area contributed by atoms with Gasteiger partial charge < -0.3 is 10.2 Å². The third kappa shape index (κ3) is 3.37. The lowest BCUT2D eigenvalue weighted by atomic mass is 10.2. The highest BCUT2D eigenvalue weighted by atomic mass is 16.2. The van der Waals surface area contributed by atoms with Crippen LogP contribution in [0, 0.1) is 6.92 Å². The molecule has 0 saturated carbocycles. The molecule has 4 rings (SSSR count). The Morgan fingerprint density at radius 1 is 1.24 bits per heavy atom. The van der Waals surface area contributed by atoms with Gasteiger partial charge in [-0.2, -0.15) is 0 Å². The number of urea groups is 1. The lowest BCUT2D eigenvalue weighted by Crippen LogP contribution is -2.35. The number of pyridine rings is 1. The van der Waals surface area contributed by atoms with Crippen molar-refractivity contribution in [3.8, 4) is 0 Å². The molecule has 25 heavy (non-hydrogen) atoms. The Morgan fingerprint density at radius 2 is 2.16 bits per heavy atom. The average Bonchev–Trinajstić information content (AvgIpc) is 3.23. The van der Waals surface area contributed by atoms with Crippen molar-refractivity contribution < 1.29 is 4.79 Å². The number of carbonyl (C=O) groups excluding carboxylic acids is 1. The zero-order valence-electron chi connectivity index (χ0n) is 13.9. The van der Waals surface area contributed by atoms with Crippen LogP contribution < -0.4 is 10.6 Å². The van der Waals surface area contributed by atoms with Gasteiger partial charge in [-0.1, -0.05) is 6.07 Å². The fourth-order valence-corrected chi connectivity index (χ4v) is 2.97. The smallest absolute Gasteiger partial charge is 0.323 e. The molecule has 1 fully saturated rings. The Bertz CT molecular complexity index is 907. The fraction of sp³-hybridized carbons (Fsp3) is 0.294. The van der Waals surface area contributed by atoms with E-state index in [1.54, 1.807) is 21.7 Å². The van der Waals surface area contributed by atoms with E-state index in [1.165, 1.54) is 0 Å². The molecule has 1 atom stereocenters. The molecule has 0 spiro atoms. The second-order valence-electron chi connectivity index (χ2n) is 6.12. The van der Waals surface area contributed by atoms with Crippen LogP contribution in [0.15, 0.2) is 42.7 Å². The minimum absolute atomic E-state index is 0.125. The maximum Gasteiger partial charge on any atom is 0.323 e. The van der Waals surface area contributed by atoms with E-state index in [4.69, 9.17) is 0 Å². The highest BCUT2D eigenvalue weighted by Gasteiger charge is 2.26. The van der Waals surface area contributed by atoms with E-state index < -0.39 is 0 Å². The van der Waals surface area contributed by atoms with Crippen molar-refractivity contribution in [1.82, 2.24) is 24.5 Å². The number of nitrogens with one attached hydrogen (secondary N) is 2. The summed E-state index contributed by atoms with van der Waals surface area (Å²) in [5.41, 5.74) is 1.68. The number of nitrogens with zero attached hydrogens (tertiary/aromatic N) is 5. The van der Waals surface area contributed by atoms with E-state index >= 15 is 0 Å². The summed E-state index contributed by atoms with van der Waals surface area (Å²) in [7, 11) is 0. The third-order valence-corrected chi connectivity index (χ3v) is 4.21. The van der Waals surface area contributed by atoms with Gasteiger partial charge in [-0.15, -0.1) is 5.10 Å². The number of amides is 2. The summed E-state index contributed by atoms with van der Waals surface area (Å²) in [4.78, 5) is 22.7. The van der Waals surface area contributed by atoms with E-state index in [9.17, 15) is 4.79 Å². The minimum atomic E-state index is -0.125. The number of likely N-dealkylation sites (tertiary alicyclic amines) is 1. The van der Waals surface area contributed by atoms with Gasteiger partial charge in [0.05, 0.1) is 0 Å². The molecule has 8 nitrogen and oxygen atoms in total. The highest BCUT2D eigenvalue weighted by molar-refractivity contribution is 5.88. The van der Waals surface area contributed by atoms with Gasteiger partial charge >= 0.3 is 6.03 Å². The summed E-state index contributed by atoms with van der Waals surface area (Å²) in [5.74, 6) is 1.35. The molecule has 4 heterocycles. The Labute approximate surface area is 144 Å². The number of fused-ring (bicyclic) bond motifs is 1. The number of anilines is 2. The Hall–Kier alpha value is -3.16. The van der Waals surface area contributed by atoms with Crippen LogP contribution >= 0.6 is 0 Å². The summed E-state index contributed by atoms with van der Waals surface area (Å²) in [6, 6.07) is 9.44. The lowest BCUT2D eigenvalue weighted by molar-refractivity contribution is 0.222. The quantitative estimate of drug-likeness (QED) is 0.765. The molecule has 2 N–H and O–H groups in total. The second kappa shape index (κ2) is 6.39. The number of carbonyl (C=O) groups is 1. The molecule has 8 heteroatoms. The SMILES string of the molecule is Cc1cccc(NC(=O)N2CCC(Nc3ccc4nccn4n3)C2)n1. The first-order chi connectivity index (χ1) is 12.2. The summed E-state index contributed by atoms with van der Waals surface area (Å²) in [6.45, 7) is 3.22. The van der Waals surface area contributed by atoms with Gasteiger partial charge in [-0.25, -0.2) is 19.3 Å². The normalized spacial score (nSPS) is 17.0. The van der Waals surface area contributed by atoms with Gasteiger partial charge in [0.15, 0.2) is 5.65 Å². The summed E-state index contributed by atoms with van der Waals surface area (Å²) < 4.78 is 1.73. The second-order valence-corrected chi connectivity index (χ2v) is 6.12. The molecular formula is C17H19N7O. The molecule has 1 saturated heterocycles. The van der Waals surface area contributed by atoms with Crippen molar-refractivity contribution >= 4 is 23.3 Å². The Kier molecular flexibility index (Phi) is 3.93. The predicted octanol–water partition coefficient (Wildman–Crippen LogP) is 2.15. The summed E-state index contributed by atoms with van der Waals surface area (Å²) >= 11 is 0. The van der Waals surface area contributed by atoms with Crippen LogP contribution in [0.2, 0.25) is 0 Å². The van der Waals surface area contributed by atoms with Crippen molar-refractivity contribution in [3.05, 3.63) is 48.4 Å². The maximum atomic E-state index is 12.4. The topological polar surface area (TPSA) is 87.5 Å². The molecular weight excluding hydrogens is 318 g/mol. The molecule has 1 aliphatic heterocycles. The standard InChI is InChI=1S/C17H19N7O/c1-12-3-2-4-14(19-12)21-17(25)23-9-7-13(11-23)20-15-5-6-16-18-8-10-24(16)22-15/h2-6,8,10,13H,7,9,11H2,1H3,(H,20,22)(H,19,21,25). The largest absolute Gasteiger partial charge is 0.364 e. The van der Waals surface area contributed by atoms with Gasteiger partial charge in [-0.05, 0) is 37.6 Å². The molecule has 2 amide bonds. The Morgan fingerprint density at radius 3 is 3.04 bits per heavy atom. The van der Waals surface area contributed by atoms with Crippen LogP contribution in [-0.4, -0.2) is 49.6 Å². The molecule has 128 valence electrons. The molecule has 1 aliphatic rings. The molecule has 0 bridgehead atoms. The average molecular weight is 337 g/mol. The van der Waals surface area contributed by atoms with Gasteiger partial charge in [0, 0.05) is 37.2 Å². The van der Waals surface area contributed by atoms with E-state index in [0.717, 1.165) is 23.6 Å². The number of rotatable bonds is 3. The monoisotopic (exact) mass is 337 g/mol. The van der Waals surface area contributed by atoms with E-state index in [-0.39, 0.29) is 12.1 Å². The number of imidazole rings is 1. The number of hydrogen-bond acceptors (Lipinski definition) is 5. The van der Waals surface area contributed by atoms with Crippen LogP contribution in [0.1, 0.15) is 12.1 Å². The van der Waals surface area contributed by atoms with Crippen molar-refractivity contribution in [1.29, 1.82) is 0 Å². The zero-order chi connectivity index (χ0) is 17.2. The van der Waals surface area contributed by atoms with Crippen LogP contribution in [0.5, 0.6) is 0 Å². The number of aryl methyl sites for hydroxylation is 1. The van der Waals surface area contributed by atoms with Gasteiger partial charge in [0.25, 0.3) is 0 Å². The van der Waals surface area contributed by atoms with Gasteiger partial charge in [0.1, 0.15) is 11.6 Å². The minimum Gasteiger partial charge on any atom is -0.364 e. The van der Waals surface area contributed by atoms with E-state index in [2.05, 4.69) is 25.7 Å². The zero-order valence-corrected chi connectivity index (χ0v) is 13.9. The van der Waals surface area contributed by atoms with Gasteiger partial charge in [0.2, 0.25) is 0 Å². The van der Waals surface area contributed by atoms with E-state index in [1.807, 2.05) is 37.4 Å². The maximum absolute atomic E-state index is 12.4. The lowest BCUT2D eigenvalue weighted by Gasteiger charge is -2.18. The van der Waals surface area contributed by atoms with Crippen molar-refractivity contribution in [2.45, 2.75) is 19.4 Å². The summed E-state index contributed by atoms with van der Waals surface area (Å²) in [5, 5.41) is 10.7. The first-order valence-electron chi connectivity index (χ1n) is 8.24. The molecule has 3 aromatic rings. The van der Waals surface area contributed by atoms with Gasteiger partial charge in [-0.3, -0.25) is 5.32 Å². The molecule has 0 aliphatic carbocycles. The van der Waals surface area contributed by atoms with Crippen LogP contribution in [-0.2, 0) is 0 Å². The first kappa shape index (κ1) is 15.4. The molecule has 3 aromatic heterocycles. The van der Waals surface area contributed by atoms with Crippen molar-refractivity contribution in [3.63, 3.8) is 0 Å². The van der Waals surface area contributed by atoms with Crippen LogP contribution in [0.3, 0.4) is 0 Å². The summed E-state index contributed by atoms with van der Waals surface area (Å²) in [6.07, 6.45) is 4.40. The van der Waals surface area contributed by atoms with Crippen LogP contribution in [0.25, 0.3) is 5.65 Å². The predicted molar refractivity (Wildman–Crippen MR) is 94.6 cm³/mol. The molecule has 0 aromatic carbocycles. The van der Waals surface area contributed by atoms with Crippen molar-refractivity contribution in [2.75, 3.05) is 23.7 Å². The molecule has 1 unspecified atom stereocenters. The highest BCUT2D eigenvalue weighted by Crippen LogP contribution is 2.16. The number of aromatic nitrogens is 4. The fourth-order valence-electron chi connectivity index (χ4n) is 2.97.